The van der Waals surface area contributed by atoms with Crippen molar-refractivity contribution < 1.29 is 9.84 Å². The lowest BCUT2D eigenvalue weighted by Crippen LogP contribution is -1.99. The molecule has 98 heavy (non-hydrogen) atoms. The summed E-state index contributed by atoms with van der Waals surface area (Å²) in [6.45, 7) is 5.88. The van der Waals surface area contributed by atoms with Gasteiger partial charge in [0.25, 0.3) is 0 Å². The summed E-state index contributed by atoms with van der Waals surface area (Å²) in [6, 6.07) is 59.4. The van der Waals surface area contributed by atoms with E-state index in [9.17, 15) is 5.11 Å². The van der Waals surface area contributed by atoms with Crippen molar-refractivity contribution in [2.45, 2.75) is 20.8 Å². The predicted octanol–water partition coefficient (Wildman–Crippen LogP) is 17.7. The van der Waals surface area contributed by atoms with E-state index in [1.807, 2.05) is 160 Å². The highest BCUT2D eigenvalue weighted by Gasteiger charge is 2.19. The smallest absolute Gasteiger partial charge is 0.219 e. The van der Waals surface area contributed by atoms with Crippen LogP contribution in [0.4, 0.5) is 0 Å². The summed E-state index contributed by atoms with van der Waals surface area (Å²) in [6.07, 6.45) is 13.5. The van der Waals surface area contributed by atoms with E-state index in [1.54, 1.807) is 64.5 Å². The molecule has 15 heterocycles. The minimum absolute atomic E-state index is 0.262. The van der Waals surface area contributed by atoms with Crippen LogP contribution in [0.1, 0.15) is 17.1 Å². The number of ether oxygens (including phenoxy) is 1. The fraction of sp³-hybridized carbons (Fsp3) is 0.0411. The third-order valence-corrected chi connectivity index (χ3v) is 18.3. The summed E-state index contributed by atoms with van der Waals surface area (Å²) >= 11 is 13.1. The zero-order valence-corrected chi connectivity index (χ0v) is 58.2. The number of nitrogens with zero attached hydrogens (tertiary/aromatic N) is 18. The molecule has 0 spiro atoms. The van der Waals surface area contributed by atoms with Crippen molar-refractivity contribution in [1.29, 1.82) is 0 Å². The number of aromatic hydroxyl groups is 1. The molecule has 21 nitrogen and oxygen atoms in total. The third-order valence-electron chi connectivity index (χ3n) is 15.7. The van der Waals surface area contributed by atoms with Gasteiger partial charge in [-0.25, -0.2) is 53.9 Å². The van der Waals surface area contributed by atoms with Gasteiger partial charge >= 0.3 is 0 Å². The Morgan fingerprint density at radius 1 is 0.378 bits per heavy atom. The monoisotopic (exact) mass is 1540 g/mol. The Labute approximate surface area is 589 Å². The highest BCUT2D eigenvalue weighted by atomic mass is 79.9. The van der Waals surface area contributed by atoms with Gasteiger partial charge in [-0.1, -0.05) is 54.6 Å². The highest BCUT2D eigenvalue weighted by molar-refractivity contribution is 9.13. The predicted molar refractivity (Wildman–Crippen MR) is 395 cm³/mol. The number of fused-ring (bicyclic) bond motifs is 18. The number of halogens is 4. The second-order valence-electron chi connectivity index (χ2n) is 22.2. The van der Waals surface area contributed by atoms with Crippen LogP contribution in [0.2, 0.25) is 0 Å². The number of para-hydroxylation sites is 2. The molecular formula is C73H49Br4N19O2. The summed E-state index contributed by atoms with van der Waals surface area (Å²) < 4.78 is 17.3. The first kappa shape index (κ1) is 62.7. The molecule has 0 unspecified atom stereocenters. The van der Waals surface area contributed by atoms with E-state index < -0.39 is 0 Å². The van der Waals surface area contributed by atoms with Crippen LogP contribution < -0.4 is 4.74 Å². The molecular weight excluding hydrogens is 1490 g/mol. The zero-order chi connectivity index (χ0) is 67.0. The van der Waals surface area contributed by atoms with E-state index >= 15 is 0 Å². The number of benzene rings is 4. The van der Waals surface area contributed by atoms with Crippen molar-refractivity contribution in [2.75, 3.05) is 0 Å². The maximum atomic E-state index is 9.79. The summed E-state index contributed by atoms with van der Waals surface area (Å²) in [5.41, 5.74) is 15.2. The van der Waals surface area contributed by atoms with Gasteiger partial charge in [-0.3, -0.25) is 24.2 Å². The molecule has 19 aromatic rings. The third kappa shape index (κ3) is 12.4. The summed E-state index contributed by atoms with van der Waals surface area (Å²) in [4.78, 5) is 48.5. The summed E-state index contributed by atoms with van der Waals surface area (Å²) in [5, 5.41) is 32.4. The number of phenolic OH excluding ortho intramolecular Hbond substituents is 1. The second-order valence-corrected chi connectivity index (χ2v) is 25.3. The molecule has 0 aliphatic carbocycles. The number of aryl methyl sites for hydroxylation is 3. The van der Waals surface area contributed by atoms with Crippen LogP contribution in [0, 0.1) is 20.8 Å². The van der Waals surface area contributed by atoms with Gasteiger partial charge in [0.05, 0.1) is 55.7 Å². The molecule has 476 valence electrons. The first-order valence-corrected chi connectivity index (χ1v) is 33.5. The lowest BCUT2D eigenvalue weighted by Gasteiger charge is -2.10. The Bertz CT molecular complexity index is 6180. The number of pyridine rings is 7. The Morgan fingerprint density at radius 2 is 0.888 bits per heavy atom. The number of hydrogen-bond acceptors (Lipinski definition) is 16. The van der Waals surface area contributed by atoms with Crippen LogP contribution >= 0.6 is 63.7 Å². The Hall–Kier alpha value is -11.4. The van der Waals surface area contributed by atoms with Crippen molar-refractivity contribution in [2.24, 2.45) is 0 Å². The molecule has 2 N–H and O–H groups in total. The normalized spacial score (nSPS) is 11.3. The van der Waals surface area contributed by atoms with Gasteiger partial charge in [-0.05, 0) is 194 Å². The largest absolute Gasteiger partial charge is 0.508 e. The molecule has 19 rings (SSSR count). The summed E-state index contributed by atoms with van der Waals surface area (Å²) in [5.74, 6) is 3.14. The fourth-order valence-electron chi connectivity index (χ4n) is 11.7. The van der Waals surface area contributed by atoms with Crippen molar-refractivity contribution >= 4 is 162 Å². The highest BCUT2D eigenvalue weighted by Crippen LogP contribution is 2.37. The number of nitrogens with one attached hydrogen (secondary N) is 1. The molecule has 0 aliphatic heterocycles. The van der Waals surface area contributed by atoms with Gasteiger partial charge in [0.1, 0.15) is 63.8 Å². The fourth-order valence-corrected chi connectivity index (χ4v) is 12.8. The lowest BCUT2D eigenvalue weighted by molar-refractivity contribution is 0.466. The number of hydrogen-bond donors (Lipinski definition) is 2. The molecule has 4 aromatic carbocycles. The number of H-pyrrole nitrogens is 1. The molecule has 0 amide bonds. The van der Waals surface area contributed by atoms with Gasteiger partial charge in [0, 0.05) is 106 Å². The zero-order valence-electron chi connectivity index (χ0n) is 51.9. The van der Waals surface area contributed by atoms with E-state index in [4.69, 9.17) is 9.72 Å². The van der Waals surface area contributed by atoms with Crippen LogP contribution in [0.25, 0.3) is 122 Å². The first-order valence-electron chi connectivity index (χ1n) is 30.4. The van der Waals surface area contributed by atoms with Gasteiger partial charge in [0.2, 0.25) is 5.88 Å². The number of aromatic nitrogens is 19. The quantitative estimate of drug-likeness (QED) is 0.120. The van der Waals surface area contributed by atoms with Crippen LogP contribution in [-0.2, 0) is 0 Å². The van der Waals surface area contributed by atoms with Crippen LogP contribution in [0.5, 0.6) is 17.4 Å². The maximum absolute atomic E-state index is 9.79. The van der Waals surface area contributed by atoms with E-state index in [1.165, 1.54) is 0 Å². The second kappa shape index (κ2) is 27.0. The average Bonchev–Trinajstić information content (AvgIpc) is 0.938. The van der Waals surface area contributed by atoms with E-state index in [0.717, 1.165) is 152 Å². The molecule has 0 fully saturated rings. The van der Waals surface area contributed by atoms with Crippen LogP contribution in [-0.4, -0.2) is 98.5 Å². The average molecular weight is 1540 g/mol. The SMILES string of the molecule is Brc1nccnc1Br.Cc1cc(-c2cccc(Br)n2)n[nH]1.Cc1cc2c3nc(Br)ccc3c3nccnc3n2n1.Cc1cc2c3nc(Oc4ccc5c6ccccc6n(-c6ccccn6)c5c4)ccc3c3nccnc3n2n1.Oc1ccc2c3ccccc3n(-c3ccccn3)c2c1. The van der Waals surface area contributed by atoms with Gasteiger partial charge in [-0.15, -0.1) is 0 Å². The minimum Gasteiger partial charge on any atom is -0.508 e. The van der Waals surface area contributed by atoms with E-state index in [-0.39, 0.29) is 5.75 Å². The van der Waals surface area contributed by atoms with Gasteiger partial charge in [-0.2, -0.15) is 15.3 Å². The molecule has 0 radical (unpaired) electrons. The molecule has 0 saturated heterocycles. The van der Waals surface area contributed by atoms with Crippen LogP contribution in [0.15, 0.2) is 250 Å². The van der Waals surface area contributed by atoms with Crippen molar-refractivity contribution in [3.8, 4) is 40.4 Å². The van der Waals surface area contributed by atoms with Gasteiger partial charge in [0.15, 0.2) is 11.3 Å². The molecule has 0 bridgehead atoms. The molecule has 15 aromatic heterocycles. The Morgan fingerprint density at radius 3 is 1.45 bits per heavy atom. The maximum Gasteiger partial charge on any atom is 0.219 e. The molecule has 0 saturated carbocycles. The van der Waals surface area contributed by atoms with Gasteiger partial charge < -0.3 is 9.84 Å². The Balaban J connectivity index is 0.000000110. The van der Waals surface area contributed by atoms with Crippen molar-refractivity contribution in [3.05, 3.63) is 267 Å². The summed E-state index contributed by atoms with van der Waals surface area (Å²) in [7, 11) is 0. The van der Waals surface area contributed by atoms with E-state index in [2.05, 4.69) is 179 Å². The van der Waals surface area contributed by atoms with Crippen molar-refractivity contribution in [1.82, 2.24) is 93.4 Å². The first-order chi connectivity index (χ1) is 47.9. The standard InChI is InChI=1S/C30H19N7O.C17H12N2O.C13H8BrN5.C9H8BrN3.C4H2Br2N2/c1-18-16-25-28-22(29-30(37(25)35-18)33-15-14-32-29)11-12-27(34-28)38-19-9-10-21-20-6-2-3-7-23(20)36(24(21)17-19)26-8-4-5-13-31-26;20-12-8-9-14-13-5-1-2-6-15(13)19(16(14)11-12)17-7-3-4-10-18-17;1-7-6-9-11-8(2-3-10(14)17-11)12-13(19(9)18-7)16-5-4-15-12;1-6-5-8(13-12-6)7-3-2-4-9(10)11-7;5-3-4(6)8-2-1-7-3/h2-17H,1H3;1-11,20H;2-6H,1H3;2-5H,1H3,(H,12,13);1-2H. The number of aromatic amines is 1. The number of phenols is 1. The molecule has 25 heteroatoms. The van der Waals surface area contributed by atoms with Crippen molar-refractivity contribution in [3.63, 3.8) is 0 Å². The molecule has 0 atom stereocenters. The van der Waals surface area contributed by atoms with Crippen LogP contribution in [0.3, 0.4) is 0 Å². The topological polar surface area (TPSA) is 244 Å². The van der Waals surface area contributed by atoms with E-state index in [0.29, 0.717) is 17.3 Å². The Kier molecular flexibility index (Phi) is 17.3. The lowest BCUT2D eigenvalue weighted by atomic mass is 10.1. The number of rotatable bonds is 5. The molecule has 0 aliphatic rings. The minimum atomic E-state index is 0.262.